The van der Waals surface area contributed by atoms with Crippen molar-refractivity contribution in [3.8, 4) is 0 Å². The van der Waals surface area contributed by atoms with Crippen molar-refractivity contribution < 1.29 is 27.9 Å². The summed E-state index contributed by atoms with van der Waals surface area (Å²) in [6.07, 6.45) is -0.809. The third-order valence-corrected chi connectivity index (χ3v) is 4.11. The van der Waals surface area contributed by atoms with E-state index in [4.69, 9.17) is 9.84 Å². The molecule has 1 amide bonds. The summed E-state index contributed by atoms with van der Waals surface area (Å²) in [5, 5.41) is 11.2. The fourth-order valence-electron chi connectivity index (χ4n) is 1.69. The van der Waals surface area contributed by atoms with Crippen LogP contribution < -0.4 is 5.32 Å². The molecule has 104 valence electrons. The van der Waals surface area contributed by atoms with Crippen LogP contribution in [0.2, 0.25) is 0 Å². The van der Waals surface area contributed by atoms with Crippen LogP contribution in [-0.2, 0) is 19.4 Å². The molecule has 1 aliphatic rings. The molecule has 0 bridgehead atoms. The lowest BCUT2D eigenvalue weighted by Gasteiger charge is -2.22. The number of hydrogen-bond acceptors (Lipinski definition) is 5. The van der Waals surface area contributed by atoms with Crippen molar-refractivity contribution in [3.63, 3.8) is 0 Å². The van der Waals surface area contributed by atoms with Gasteiger partial charge in [-0.15, -0.1) is 0 Å². The monoisotopic (exact) mass is 279 g/mol. The maximum absolute atomic E-state index is 11.5. The highest BCUT2D eigenvalue weighted by atomic mass is 32.2. The van der Waals surface area contributed by atoms with Gasteiger partial charge in [0.2, 0.25) is 0 Å². The first-order valence-electron chi connectivity index (χ1n) is 5.43. The topological polar surface area (TPSA) is 110 Å². The van der Waals surface area contributed by atoms with Gasteiger partial charge in [0.25, 0.3) is 0 Å². The summed E-state index contributed by atoms with van der Waals surface area (Å²) >= 11 is 0. The Morgan fingerprint density at radius 2 is 1.83 bits per heavy atom. The lowest BCUT2D eigenvalue weighted by atomic mass is 10.0. The van der Waals surface area contributed by atoms with Crippen LogP contribution in [0.1, 0.15) is 20.8 Å². The van der Waals surface area contributed by atoms with Crippen LogP contribution in [0, 0.1) is 5.92 Å². The number of alkyl carbamates (subject to hydrolysis) is 1. The van der Waals surface area contributed by atoms with Crippen LogP contribution in [0.4, 0.5) is 4.79 Å². The molecule has 7 nitrogen and oxygen atoms in total. The summed E-state index contributed by atoms with van der Waals surface area (Å²) in [6.45, 7) is 4.98. The second-order valence-electron chi connectivity index (χ2n) is 5.27. The zero-order chi connectivity index (χ0) is 14.1. The fraction of sp³-hybridized carbons (Fsp3) is 0.800. The van der Waals surface area contributed by atoms with E-state index in [1.165, 1.54) is 0 Å². The van der Waals surface area contributed by atoms with Gasteiger partial charge in [-0.3, -0.25) is 4.79 Å². The Bertz CT molecular complexity index is 449. The van der Waals surface area contributed by atoms with E-state index >= 15 is 0 Å². The lowest BCUT2D eigenvalue weighted by Crippen LogP contribution is -2.44. The average Bonchev–Trinajstić information content (AvgIpc) is 2.37. The fourth-order valence-corrected chi connectivity index (χ4v) is 3.61. The van der Waals surface area contributed by atoms with Gasteiger partial charge in [0, 0.05) is 0 Å². The molecule has 1 fully saturated rings. The van der Waals surface area contributed by atoms with E-state index in [0.717, 1.165) is 0 Å². The molecule has 0 unspecified atom stereocenters. The van der Waals surface area contributed by atoms with Crippen molar-refractivity contribution in [1.29, 1.82) is 0 Å². The normalized spacial score (nSPS) is 26.6. The molecular formula is C10H17NO6S. The molecule has 0 aromatic carbocycles. The van der Waals surface area contributed by atoms with Gasteiger partial charge in [-0.1, -0.05) is 0 Å². The Labute approximate surface area is 105 Å². The highest BCUT2D eigenvalue weighted by molar-refractivity contribution is 7.91. The summed E-state index contributed by atoms with van der Waals surface area (Å²) in [5.74, 6) is -3.19. The standard InChI is InChI=1S/C10H17NO6S/c1-10(2,3)17-9(14)11-7-5-18(15,16)4-6(7)8(12)13/h6-7H,4-5H2,1-3H3,(H,11,14)(H,12,13)/t6-,7+/m1/s1. The molecule has 2 N–H and O–H groups in total. The van der Waals surface area contributed by atoms with Crippen molar-refractivity contribution in [2.45, 2.75) is 32.4 Å². The molecule has 8 heteroatoms. The van der Waals surface area contributed by atoms with E-state index in [1.807, 2.05) is 0 Å². The Morgan fingerprint density at radius 3 is 2.28 bits per heavy atom. The SMILES string of the molecule is CC(C)(C)OC(=O)N[C@H]1CS(=O)(=O)C[C@H]1C(=O)O. The van der Waals surface area contributed by atoms with Crippen molar-refractivity contribution in [1.82, 2.24) is 5.32 Å². The molecule has 0 spiro atoms. The summed E-state index contributed by atoms with van der Waals surface area (Å²) in [4.78, 5) is 22.4. The molecule has 1 aliphatic heterocycles. The van der Waals surface area contributed by atoms with Gasteiger partial charge >= 0.3 is 12.1 Å². The predicted octanol–water partition coefficient (Wildman–Crippen LogP) is 0.00890. The second-order valence-corrected chi connectivity index (χ2v) is 7.43. The van der Waals surface area contributed by atoms with Crippen molar-refractivity contribution in [3.05, 3.63) is 0 Å². The molecule has 1 saturated heterocycles. The van der Waals surface area contributed by atoms with Crippen molar-refractivity contribution >= 4 is 21.9 Å². The van der Waals surface area contributed by atoms with Gasteiger partial charge in [0.05, 0.1) is 23.5 Å². The van der Waals surface area contributed by atoms with Crippen LogP contribution in [-0.4, -0.2) is 48.7 Å². The minimum absolute atomic E-state index is 0.372. The first-order valence-corrected chi connectivity index (χ1v) is 7.25. The molecule has 18 heavy (non-hydrogen) atoms. The van der Waals surface area contributed by atoms with Gasteiger partial charge in [-0.2, -0.15) is 0 Å². The van der Waals surface area contributed by atoms with Gasteiger partial charge < -0.3 is 15.2 Å². The third kappa shape index (κ3) is 4.17. The molecule has 1 heterocycles. The van der Waals surface area contributed by atoms with Crippen molar-refractivity contribution in [2.75, 3.05) is 11.5 Å². The number of carboxylic acid groups (broad SMARTS) is 1. The van der Waals surface area contributed by atoms with E-state index < -0.39 is 45.2 Å². The Hall–Kier alpha value is -1.31. The van der Waals surface area contributed by atoms with E-state index in [0.29, 0.717) is 0 Å². The zero-order valence-electron chi connectivity index (χ0n) is 10.5. The largest absolute Gasteiger partial charge is 0.481 e. The number of carbonyl (C=O) groups is 2. The first kappa shape index (κ1) is 14.7. The summed E-state index contributed by atoms with van der Waals surface area (Å²) in [7, 11) is -3.43. The maximum atomic E-state index is 11.5. The van der Waals surface area contributed by atoms with E-state index in [2.05, 4.69) is 5.32 Å². The smallest absolute Gasteiger partial charge is 0.407 e. The van der Waals surface area contributed by atoms with Crippen LogP contribution in [0.15, 0.2) is 0 Å². The Balaban J connectivity index is 2.71. The zero-order valence-corrected chi connectivity index (χ0v) is 11.3. The molecule has 1 rings (SSSR count). The van der Waals surface area contributed by atoms with Gasteiger partial charge in [-0.05, 0) is 20.8 Å². The molecule has 0 aromatic rings. The highest BCUT2D eigenvalue weighted by Crippen LogP contribution is 2.20. The summed E-state index contributed by atoms with van der Waals surface area (Å²) in [5.41, 5.74) is -0.722. The number of ether oxygens (including phenoxy) is 1. The number of hydrogen-bond donors (Lipinski definition) is 2. The number of amides is 1. The number of carboxylic acids is 1. The van der Waals surface area contributed by atoms with Crippen LogP contribution in [0.5, 0.6) is 0 Å². The maximum Gasteiger partial charge on any atom is 0.407 e. The van der Waals surface area contributed by atoms with Gasteiger partial charge in [0.1, 0.15) is 5.60 Å². The number of rotatable bonds is 2. The molecule has 0 radical (unpaired) electrons. The highest BCUT2D eigenvalue weighted by Gasteiger charge is 2.43. The molecule has 0 saturated carbocycles. The van der Waals surface area contributed by atoms with Crippen LogP contribution in [0.25, 0.3) is 0 Å². The molecule has 0 aliphatic carbocycles. The Morgan fingerprint density at radius 1 is 1.28 bits per heavy atom. The van der Waals surface area contributed by atoms with Crippen molar-refractivity contribution in [2.24, 2.45) is 5.92 Å². The van der Waals surface area contributed by atoms with E-state index in [9.17, 15) is 18.0 Å². The third-order valence-electron chi connectivity index (χ3n) is 2.37. The quantitative estimate of drug-likeness (QED) is 0.736. The van der Waals surface area contributed by atoms with Crippen LogP contribution in [0.3, 0.4) is 0 Å². The first-order chi connectivity index (χ1) is 8.00. The molecule has 2 atom stereocenters. The number of aliphatic carboxylic acids is 1. The predicted molar refractivity (Wildman–Crippen MR) is 62.9 cm³/mol. The Kier molecular flexibility index (Phi) is 3.89. The lowest BCUT2D eigenvalue weighted by molar-refractivity contribution is -0.141. The number of sulfone groups is 1. The molecular weight excluding hydrogens is 262 g/mol. The minimum atomic E-state index is -3.43. The summed E-state index contributed by atoms with van der Waals surface area (Å²) < 4.78 is 27.7. The number of carbonyl (C=O) groups excluding carboxylic acids is 1. The minimum Gasteiger partial charge on any atom is -0.481 e. The van der Waals surface area contributed by atoms with E-state index in [1.54, 1.807) is 20.8 Å². The van der Waals surface area contributed by atoms with E-state index in [-0.39, 0.29) is 5.75 Å². The molecule has 0 aromatic heterocycles. The van der Waals surface area contributed by atoms with Crippen LogP contribution >= 0.6 is 0 Å². The average molecular weight is 279 g/mol. The number of nitrogens with one attached hydrogen (secondary N) is 1. The second kappa shape index (κ2) is 4.75. The van der Waals surface area contributed by atoms with Gasteiger partial charge in [-0.25, -0.2) is 13.2 Å². The van der Waals surface area contributed by atoms with Gasteiger partial charge in [0.15, 0.2) is 9.84 Å². The summed E-state index contributed by atoms with van der Waals surface area (Å²) in [6, 6.07) is -0.942.